The maximum absolute atomic E-state index is 11.4. The van der Waals surface area contributed by atoms with Crippen molar-refractivity contribution in [3.8, 4) is 0 Å². The van der Waals surface area contributed by atoms with Gasteiger partial charge in [0.25, 0.3) is 0 Å². The van der Waals surface area contributed by atoms with Crippen molar-refractivity contribution >= 4 is 10.0 Å². The minimum absolute atomic E-state index is 0.0810. The average molecular weight is 297 g/mol. The molecule has 1 aromatic carbocycles. The number of primary sulfonamides is 1. The van der Waals surface area contributed by atoms with Gasteiger partial charge in [0.1, 0.15) is 0 Å². The lowest BCUT2D eigenvalue weighted by atomic mass is 10.1. The van der Waals surface area contributed by atoms with Crippen LogP contribution in [0.5, 0.6) is 0 Å². The fourth-order valence-electron chi connectivity index (χ4n) is 2.93. The van der Waals surface area contributed by atoms with E-state index in [1.165, 1.54) is 0 Å². The first kappa shape index (κ1) is 14.0. The van der Waals surface area contributed by atoms with Crippen LogP contribution >= 0.6 is 0 Å². The molecule has 1 aromatic rings. The van der Waals surface area contributed by atoms with Crippen molar-refractivity contribution in [2.75, 3.05) is 13.2 Å². The molecule has 2 aliphatic rings. The molecule has 110 valence electrons. The van der Waals surface area contributed by atoms with Crippen molar-refractivity contribution < 1.29 is 13.2 Å². The van der Waals surface area contributed by atoms with Gasteiger partial charge in [-0.25, -0.2) is 13.6 Å². The zero-order valence-corrected chi connectivity index (χ0v) is 12.0. The van der Waals surface area contributed by atoms with Crippen molar-refractivity contribution in [2.24, 2.45) is 10.9 Å². The van der Waals surface area contributed by atoms with E-state index < -0.39 is 10.0 Å². The summed E-state index contributed by atoms with van der Waals surface area (Å²) in [6.07, 6.45) is 0.913. The topological polar surface area (TPSA) is 98.7 Å². The molecule has 0 aromatic heterocycles. The number of sulfonamides is 1. The monoisotopic (exact) mass is 297 g/mol. The molecule has 6 nitrogen and oxygen atoms in total. The SMILES string of the molecule is N[C@@H]1COC[C@H](N2Cc3ccc(S(N)(=O)=O)cc3C2)C1. The second-order valence-corrected chi connectivity index (χ2v) is 7.13. The van der Waals surface area contributed by atoms with Crippen LogP contribution in [0.15, 0.2) is 23.1 Å². The number of nitrogens with two attached hydrogens (primary N) is 2. The van der Waals surface area contributed by atoms with Gasteiger partial charge in [-0.3, -0.25) is 4.90 Å². The fraction of sp³-hybridized carbons (Fsp3) is 0.538. The van der Waals surface area contributed by atoms with Crippen LogP contribution in [-0.4, -0.2) is 38.6 Å². The molecule has 0 saturated carbocycles. The van der Waals surface area contributed by atoms with Gasteiger partial charge in [0.2, 0.25) is 10.0 Å². The smallest absolute Gasteiger partial charge is 0.238 e. The van der Waals surface area contributed by atoms with E-state index in [0.29, 0.717) is 19.3 Å². The Morgan fingerprint density at radius 2 is 1.95 bits per heavy atom. The van der Waals surface area contributed by atoms with E-state index in [-0.39, 0.29) is 10.9 Å². The third-order valence-corrected chi connectivity index (χ3v) is 4.90. The number of hydrogen-bond donors (Lipinski definition) is 2. The Morgan fingerprint density at radius 1 is 1.20 bits per heavy atom. The van der Waals surface area contributed by atoms with E-state index in [1.807, 2.05) is 6.07 Å². The van der Waals surface area contributed by atoms with E-state index >= 15 is 0 Å². The molecule has 1 saturated heterocycles. The van der Waals surface area contributed by atoms with E-state index in [9.17, 15) is 8.42 Å². The van der Waals surface area contributed by atoms with E-state index in [2.05, 4.69) is 4.90 Å². The van der Waals surface area contributed by atoms with Gasteiger partial charge in [-0.15, -0.1) is 0 Å². The highest BCUT2D eigenvalue weighted by Crippen LogP contribution is 2.28. The van der Waals surface area contributed by atoms with Gasteiger partial charge < -0.3 is 10.5 Å². The summed E-state index contributed by atoms with van der Waals surface area (Å²) in [6.45, 7) is 2.83. The molecule has 3 rings (SSSR count). The predicted molar refractivity (Wildman–Crippen MR) is 74.3 cm³/mol. The van der Waals surface area contributed by atoms with E-state index in [1.54, 1.807) is 12.1 Å². The molecule has 2 aliphatic heterocycles. The summed E-state index contributed by atoms with van der Waals surface area (Å²) in [7, 11) is -3.64. The zero-order valence-electron chi connectivity index (χ0n) is 11.2. The van der Waals surface area contributed by atoms with Crippen LogP contribution in [0.1, 0.15) is 17.5 Å². The summed E-state index contributed by atoms with van der Waals surface area (Å²) < 4.78 is 28.3. The van der Waals surface area contributed by atoms with Gasteiger partial charge in [-0.05, 0) is 29.7 Å². The van der Waals surface area contributed by atoms with Gasteiger partial charge in [0.15, 0.2) is 0 Å². The van der Waals surface area contributed by atoms with Crippen LogP contribution in [-0.2, 0) is 27.8 Å². The zero-order chi connectivity index (χ0) is 14.3. The van der Waals surface area contributed by atoms with Crippen LogP contribution in [0.2, 0.25) is 0 Å². The standard InChI is InChI=1S/C13H19N3O3S/c14-11-4-12(8-19-7-11)16-5-9-1-2-13(20(15,17)18)3-10(9)6-16/h1-3,11-12H,4-8,14H2,(H2,15,17,18)/t11-,12+/m0/s1. The Balaban J connectivity index is 1.78. The third-order valence-electron chi connectivity index (χ3n) is 3.99. The highest BCUT2D eigenvalue weighted by molar-refractivity contribution is 7.89. The lowest BCUT2D eigenvalue weighted by molar-refractivity contribution is 0.00549. The van der Waals surface area contributed by atoms with Crippen molar-refractivity contribution in [2.45, 2.75) is 36.5 Å². The van der Waals surface area contributed by atoms with E-state index in [0.717, 1.165) is 30.6 Å². The summed E-state index contributed by atoms with van der Waals surface area (Å²) in [4.78, 5) is 2.46. The van der Waals surface area contributed by atoms with Gasteiger partial charge >= 0.3 is 0 Å². The van der Waals surface area contributed by atoms with E-state index in [4.69, 9.17) is 15.6 Å². The highest BCUT2D eigenvalue weighted by atomic mass is 32.2. The van der Waals surface area contributed by atoms with Crippen molar-refractivity contribution in [1.82, 2.24) is 4.90 Å². The number of fused-ring (bicyclic) bond motifs is 1. The number of rotatable bonds is 2. The van der Waals surface area contributed by atoms with Gasteiger partial charge in [0.05, 0.1) is 18.1 Å². The van der Waals surface area contributed by atoms with Gasteiger partial charge in [-0.1, -0.05) is 6.07 Å². The summed E-state index contributed by atoms with van der Waals surface area (Å²) >= 11 is 0. The molecule has 20 heavy (non-hydrogen) atoms. The third kappa shape index (κ3) is 2.72. The Hall–Kier alpha value is -0.990. The molecular weight excluding hydrogens is 278 g/mol. The minimum atomic E-state index is -3.64. The number of ether oxygens (including phenoxy) is 1. The first-order valence-electron chi connectivity index (χ1n) is 6.65. The number of benzene rings is 1. The Kier molecular flexibility index (Phi) is 3.55. The Labute approximate surface area is 118 Å². The van der Waals surface area contributed by atoms with Gasteiger partial charge in [0, 0.05) is 25.2 Å². The number of hydrogen-bond acceptors (Lipinski definition) is 5. The molecule has 0 aliphatic carbocycles. The quantitative estimate of drug-likeness (QED) is 0.785. The Morgan fingerprint density at radius 3 is 2.65 bits per heavy atom. The van der Waals surface area contributed by atoms with Gasteiger partial charge in [-0.2, -0.15) is 0 Å². The van der Waals surface area contributed by atoms with Crippen LogP contribution in [0.25, 0.3) is 0 Å². The Bertz CT molecular complexity index is 617. The molecule has 2 heterocycles. The normalized spacial score (nSPS) is 27.5. The molecular formula is C13H19N3O3S. The second-order valence-electron chi connectivity index (χ2n) is 5.57. The van der Waals surface area contributed by atoms with Crippen LogP contribution in [0, 0.1) is 0 Å². The number of nitrogens with zero attached hydrogens (tertiary/aromatic N) is 1. The molecule has 7 heteroatoms. The maximum atomic E-state index is 11.4. The summed E-state index contributed by atoms with van der Waals surface area (Å²) in [5.74, 6) is 0. The molecule has 0 spiro atoms. The molecule has 0 amide bonds. The molecule has 0 bridgehead atoms. The molecule has 4 N–H and O–H groups in total. The van der Waals surface area contributed by atoms with Crippen molar-refractivity contribution in [3.05, 3.63) is 29.3 Å². The van der Waals surface area contributed by atoms with Crippen LogP contribution in [0.3, 0.4) is 0 Å². The fourth-order valence-corrected chi connectivity index (χ4v) is 3.49. The lowest BCUT2D eigenvalue weighted by Crippen LogP contribution is -2.46. The van der Waals surface area contributed by atoms with Crippen molar-refractivity contribution in [3.63, 3.8) is 0 Å². The van der Waals surface area contributed by atoms with Crippen LogP contribution < -0.4 is 10.9 Å². The second kappa shape index (κ2) is 5.09. The van der Waals surface area contributed by atoms with Crippen LogP contribution in [0.4, 0.5) is 0 Å². The van der Waals surface area contributed by atoms with Crippen molar-refractivity contribution in [1.29, 1.82) is 0 Å². The first-order valence-corrected chi connectivity index (χ1v) is 8.20. The maximum Gasteiger partial charge on any atom is 0.238 e. The largest absolute Gasteiger partial charge is 0.378 e. The minimum Gasteiger partial charge on any atom is -0.378 e. The lowest BCUT2D eigenvalue weighted by Gasteiger charge is -2.33. The first-order chi connectivity index (χ1) is 9.43. The summed E-state index contributed by atoms with van der Waals surface area (Å²) in [6, 6.07) is 5.47. The summed E-state index contributed by atoms with van der Waals surface area (Å²) in [5.41, 5.74) is 8.10. The average Bonchev–Trinajstić information content (AvgIpc) is 2.80. The molecule has 0 unspecified atom stereocenters. The molecule has 0 radical (unpaired) electrons. The highest BCUT2D eigenvalue weighted by Gasteiger charge is 2.30. The summed E-state index contributed by atoms with van der Waals surface area (Å²) in [5, 5.41) is 5.17. The molecule has 2 atom stereocenters. The molecule has 1 fully saturated rings. The predicted octanol–water partition coefficient (Wildman–Crippen LogP) is -0.234.